The van der Waals surface area contributed by atoms with Crippen molar-refractivity contribution in [3.05, 3.63) is 63.1 Å². The minimum atomic E-state index is -3.78. The Morgan fingerprint density at radius 2 is 1.78 bits per heavy atom. The van der Waals surface area contributed by atoms with Crippen LogP contribution < -0.4 is 15.6 Å². The van der Waals surface area contributed by atoms with Crippen LogP contribution in [-0.2, 0) is 29.7 Å². The van der Waals surface area contributed by atoms with Crippen molar-refractivity contribution in [1.29, 1.82) is 0 Å². The highest BCUT2D eigenvalue weighted by molar-refractivity contribution is 7.93. The van der Waals surface area contributed by atoms with Gasteiger partial charge in [0, 0.05) is 18.5 Å². The Bertz CT molecular complexity index is 1590. The van der Waals surface area contributed by atoms with Crippen molar-refractivity contribution in [2.24, 2.45) is 0 Å². The largest absolute Gasteiger partial charge is 0.330 e. The first-order valence-electron chi connectivity index (χ1n) is 10.6. The number of H-pyrrole nitrogens is 1. The normalized spacial score (nSPS) is 14.6. The number of nitrogens with zero attached hydrogens (tertiary/aromatic N) is 4. The fraction of sp³-hybridized carbons (Fsp3) is 0.318. The number of anilines is 1. The number of fused-ring (bicyclic) bond motifs is 1. The molecule has 3 heterocycles. The maximum atomic E-state index is 13.4. The molecular formula is C22H23N5O4S. The van der Waals surface area contributed by atoms with E-state index in [0.717, 1.165) is 18.2 Å². The van der Waals surface area contributed by atoms with Crippen molar-refractivity contribution in [2.75, 3.05) is 4.31 Å². The average Bonchev–Trinajstić information content (AvgIpc) is 3.24. The van der Waals surface area contributed by atoms with E-state index in [2.05, 4.69) is 9.97 Å². The lowest BCUT2D eigenvalue weighted by molar-refractivity contribution is 0.590. The molecule has 32 heavy (non-hydrogen) atoms. The summed E-state index contributed by atoms with van der Waals surface area (Å²) >= 11 is 0. The predicted octanol–water partition coefficient (Wildman–Crippen LogP) is 2.57. The number of benzene rings is 2. The number of rotatable bonds is 6. The number of aromatic nitrogens is 4. The number of imidazole rings is 1. The van der Waals surface area contributed by atoms with Crippen LogP contribution in [0.2, 0.25) is 0 Å². The standard InChI is InChI=1S/C22H23N5O4S/c1-3-5-12-26-20-19(21(28)24-22(26)29)25(4-2)17(23-20)13-27-15-10-6-8-14-9-7-11-16(18(14)15)32(27,30)31/h6-11H,3-5,12-13H2,1-2H3,(H,24,28,29). The van der Waals surface area contributed by atoms with Gasteiger partial charge < -0.3 is 4.57 Å². The third kappa shape index (κ3) is 2.82. The van der Waals surface area contributed by atoms with Gasteiger partial charge in [0.05, 0.1) is 17.1 Å². The number of hydrogen-bond acceptors (Lipinski definition) is 5. The van der Waals surface area contributed by atoms with E-state index in [9.17, 15) is 18.0 Å². The zero-order valence-electron chi connectivity index (χ0n) is 17.8. The second-order valence-corrected chi connectivity index (χ2v) is 9.68. The maximum absolute atomic E-state index is 13.4. The summed E-state index contributed by atoms with van der Waals surface area (Å²) in [7, 11) is -3.78. The molecular weight excluding hydrogens is 430 g/mol. The van der Waals surface area contributed by atoms with Crippen molar-refractivity contribution >= 4 is 37.6 Å². The highest BCUT2D eigenvalue weighted by atomic mass is 32.2. The van der Waals surface area contributed by atoms with Gasteiger partial charge in [-0.2, -0.15) is 0 Å². The molecule has 166 valence electrons. The lowest BCUT2D eigenvalue weighted by atomic mass is 10.1. The summed E-state index contributed by atoms with van der Waals surface area (Å²) in [4.78, 5) is 32.4. The van der Waals surface area contributed by atoms with Crippen LogP contribution in [0.4, 0.5) is 5.69 Å². The lowest BCUT2D eigenvalue weighted by Gasteiger charge is -2.19. The molecule has 4 aromatic rings. The van der Waals surface area contributed by atoms with E-state index in [1.165, 1.54) is 8.87 Å². The smallest absolute Gasteiger partial charge is 0.321 e. The van der Waals surface area contributed by atoms with Crippen LogP contribution in [0.25, 0.3) is 21.9 Å². The minimum absolute atomic E-state index is 0.0416. The van der Waals surface area contributed by atoms with Crippen LogP contribution in [0.1, 0.15) is 32.5 Å². The summed E-state index contributed by atoms with van der Waals surface area (Å²) < 4.78 is 31.2. The maximum Gasteiger partial charge on any atom is 0.330 e. The summed E-state index contributed by atoms with van der Waals surface area (Å²) in [5, 5.41) is 1.53. The number of aryl methyl sites for hydroxylation is 2. The van der Waals surface area contributed by atoms with E-state index in [1.54, 1.807) is 22.8 Å². The molecule has 2 aromatic heterocycles. The molecule has 2 aromatic carbocycles. The van der Waals surface area contributed by atoms with Gasteiger partial charge in [-0.05, 0) is 30.9 Å². The SMILES string of the molecule is CCCCn1c(=O)[nH]c(=O)c2c1nc(CN1c3cccc4cccc(c34)S1(=O)=O)n2CC. The molecule has 0 amide bonds. The zero-order chi connectivity index (χ0) is 22.6. The molecule has 9 nitrogen and oxygen atoms in total. The summed E-state index contributed by atoms with van der Waals surface area (Å²) in [5.41, 5.74) is 0.134. The first-order valence-corrected chi connectivity index (χ1v) is 12.1. The topological polar surface area (TPSA) is 110 Å². The van der Waals surface area contributed by atoms with Crippen LogP contribution in [0.15, 0.2) is 50.9 Å². The molecule has 1 N–H and O–H groups in total. The molecule has 5 rings (SSSR count). The predicted molar refractivity (Wildman–Crippen MR) is 123 cm³/mol. The molecule has 1 aliphatic heterocycles. The van der Waals surface area contributed by atoms with E-state index in [1.807, 2.05) is 32.0 Å². The first kappa shape index (κ1) is 20.5. The average molecular weight is 454 g/mol. The molecule has 0 radical (unpaired) electrons. The van der Waals surface area contributed by atoms with Crippen molar-refractivity contribution in [3.8, 4) is 0 Å². The molecule has 0 unspecified atom stereocenters. The summed E-state index contributed by atoms with van der Waals surface area (Å²) in [6.07, 6.45) is 1.63. The molecule has 0 atom stereocenters. The van der Waals surface area contributed by atoms with Gasteiger partial charge in [0.1, 0.15) is 5.82 Å². The van der Waals surface area contributed by atoms with E-state index in [0.29, 0.717) is 30.0 Å². The Balaban J connectivity index is 1.70. The Labute approximate surface area is 184 Å². The van der Waals surface area contributed by atoms with Crippen LogP contribution in [0.3, 0.4) is 0 Å². The number of aromatic amines is 1. The van der Waals surface area contributed by atoms with Gasteiger partial charge in [-0.3, -0.25) is 18.7 Å². The van der Waals surface area contributed by atoms with Crippen LogP contribution >= 0.6 is 0 Å². The van der Waals surface area contributed by atoms with E-state index in [4.69, 9.17) is 0 Å². The molecule has 0 fully saturated rings. The quantitative estimate of drug-likeness (QED) is 0.482. The van der Waals surface area contributed by atoms with Gasteiger partial charge in [-0.25, -0.2) is 18.2 Å². The Kier molecular flexibility index (Phi) is 4.70. The second kappa shape index (κ2) is 7.33. The lowest BCUT2D eigenvalue weighted by Crippen LogP contribution is -2.31. The van der Waals surface area contributed by atoms with Gasteiger partial charge in [-0.15, -0.1) is 0 Å². The van der Waals surface area contributed by atoms with Crippen molar-refractivity contribution in [1.82, 2.24) is 19.1 Å². The molecule has 0 bridgehead atoms. The summed E-state index contributed by atoms with van der Waals surface area (Å²) in [6, 6.07) is 10.7. The molecule has 10 heteroatoms. The third-order valence-electron chi connectivity index (χ3n) is 5.98. The number of sulfonamides is 1. The fourth-order valence-electron chi connectivity index (χ4n) is 4.46. The molecule has 0 saturated carbocycles. The number of hydrogen-bond donors (Lipinski definition) is 1. The second-order valence-electron chi connectivity index (χ2n) is 7.85. The summed E-state index contributed by atoms with van der Waals surface area (Å²) in [5.74, 6) is 0.414. The first-order chi connectivity index (χ1) is 15.4. The monoisotopic (exact) mass is 453 g/mol. The van der Waals surface area contributed by atoms with Crippen molar-refractivity contribution < 1.29 is 8.42 Å². The number of unbranched alkanes of at least 4 members (excludes halogenated alkanes) is 1. The zero-order valence-corrected chi connectivity index (χ0v) is 18.6. The van der Waals surface area contributed by atoms with Gasteiger partial charge in [0.25, 0.3) is 15.6 Å². The number of nitrogens with one attached hydrogen (secondary N) is 1. The summed E-state index contributed by atoms with van der Waals surface area (Å²) in [6.45, 7) is 4.67. The molecule has 0 aliphatic carbocycles. The van der Waals surface area contributed by atoms with Crippen molar-refractivity contribution in [3.63, 3.8) is 0 Å². The molecule has 1 aliphatic rings. The Morgan fingerprint density at radius 3 is 2.50 bits per heavy atom. The minimum Gasteiger partial charge on any atom is -0.321 e. The third-order valence-corrected chi connectivity index (χ3v) is 7.78. The fourth-order valence-corrected chi connectivity index (χ4v) is 6.12. The van der Waals surface area contributed by atoms with Gasteiger partial charge in [0.2, 0.25) is 0 Å². The Morgan fingerprint density at radius 1 is 1.03 bits per heavy atom. The molecule has 0 saturated heterocycles. The van der Waals surface area contributed by atoms with E-state index < -0.39 is 21.3 Å². The molecule has 0 spiro atoms. The van der Waals surface area contributed by atoms with Gasteiger partial charge in [0.15, 0.2) is 11.2 Å². The highest BCUT2D eigenvalue weighted by Crippen LogP contribution is 2.42. The van der Waals surface area contributed by atoms with Gasteiger partial charge >= 0.3 is 5.69 Å². The highest BCUT2D eigenvalue weighted by Gasteiger charge is 2.36. The van der Waals surface area contributed by atoms with Crippen LogP contribution in [0, 0.1) is 0 Å². The van der Waals surface area contributed by atoms with E-state index in [-0.39, 0.29) is 22.6 Å². The van der Waals surface area contributed by atoms with Gasteiger partial charge in [-0.1, -0.05) is 37.6 Å². The van der Waals surface area contributed by atoms with Crippen LogP contribution in [-0.4, -0.2) is 27.5 Å². The van der Waals surface area contributed by atoms with Crippen LogP contribution in [0.5, 0.6) is 0 Å². The van der Waals surface area contributed by atoms with E-state index >= 15 is 0 Å². The Hall–Kier alpha value is -3.40. The van der Waals surface area contributed by atoms with Crippen molar-refractivity contribution in [2.45, 2.75) is 51.2 Å².